The van der Waals surface area contributed by atoms with Crippen LogP contribution in [0.2, 0.25) is 0 Å². The molecule has 0 unspecified atom stereocenters. The molecule has 0 atom stereocenters. The van der Waals surface area contributed by atoms with Crippen molar-refractivity contribution in [1.29, 1.82) is 0 Å². The molecule has 0 bridgehead atoms. The SMILES string of the molecule is CCN(CC(C)C)C(=O)c1ncccc1C#CCCO. The maximum atomic E-state index is 12.5. The van der Waals surface area contributed by atoms with Crippen LogP contribution in [0.25, 0.3) is 0 Å². The Morgan fingerprint density at radius 2 is 2.25 bits per heavy atom. The number of hydrogen-bond donors (Lipinski definition) is 1. The van der Waals surface area contributed by atoms with Crippen molar-refractivity contribution in [3.8, 4) is 11.8 Å². The molecule has 0 radical (unpaired) electrons. The van der Waals surface area contributed by atoms with E-state index in [0.717, 1.165) is 0 Å². The predicted octanol–water partition coefficient (Wildman–Crippen LogP) is 1.93. The lowest BCUT2D eigenvalue weighted by Gasteiger charge is -2.22. The third kappa shape index (κ3) is 4.67. The van der Waals surface area contributed by atoms with Crippen molar-refractivity contribution in [1.82, 2.24) is 9.88 Å². The van der Waals surface area contributed by atoms with Crippen LogP contribution in [0.3, 0.4) is 0 Å². The van der Waals surface area contributed by atoms with Crippen molar-refractivity contribution in [2.75, 3.05) is 19.7 Å². The highest BCUT2D eigenvalue weighted by Crippen LogP contribution is 2.10. The Hall–Kier alpha value is -1.86. The third-order valence-corrected chi connectivity index (χ3v) is 2.72. The molecule has 0 aromatic carbocycles. The van der Waals surface area contributed by atoms with Crippen LogP contribution in [0.4, 0.5) is 0 Å². The zero-order chi connectivity index (χ0) is 15.0. The first kappa shape index (κ1) is 16.2. The van der Waals surface area contributed by atoms with Gasteiger partial charge in [0.05, 0.1) is 12.2 Å². The second kappa shape index (κ2) is 8.34. The zero-order valence-electron chi connectivity index (χ0n) is 12.4. The van der Waals surface area contributed by atoms with E-state index in [2.05, 4.69) is 30.7 Å². The van der Waals surface area contributed by atoms with Crippen LogP contribution in [0.5, 0.6) is 0 Å². The van der Waals surface area contributed by atoms with Gasteiger partial charge in [-0.05, 0) is 25.0 Å². The van der Waals surface area contributed by atoms with E-state index in [0.29, 0.717) is 36.7 Å². The van der Waals surface area contributed by atoms with Gasteiger partial charge in [-0.3, -0.25) is 4.79 Å². The summed E-state index contributed by atoms with van der Waals surface area (Å²) in [6.07, 6.45) is 2.00. The molecule has 1 aromatic heterocycles. The summed E-state index contributed by atoms with van der Waals surface area (Å²) in [7, 11) is 0. The number of nitrogens with zero attached hydrogens (tertiary/aromatic N) is 2. The van der Waals surface area contributed by atoms with Gasteiger partial charge >= 0.3 is 0 Å². The number of carbonyl (C=O) groups excluding carboxylic acids is 1. The molecule has 0 aliphatic heterocycles. The van der Waals surface area contributed by atoms with Crippen LogP contribution < -0.4 is 0 Å². The largest absolute Gasteiger partial charge is 0.395 e. The second-order valence-electron chi connectivity index (χ2n) is 4.91. The highest BCUT2D eigenvalue weighted by Gasteiger charge is 2.18. The molecule has 1 heterocycles. The summed E-state index contributed by atoms with van der Waals surface area (Å²) in [4.78, 5) is 18.5. The van der Waals surface area contributed by atoms with Crippen LogP contribution in [-0.4, -0.2) is 40.6 Å². The summed E-state index contributed by atoms with van der Waals surface area (Å²) in [6, 6.07) is 3.55. The van der Waals surface area contributed by atoms with Gasteiger partial charge in [0.25, 0.3) is 5.91 Å². The highest BCUT2D eigenvalue weighted by atomic mass is 16.2. The second-order valence-corrected chi connectivity index (χ2v) is 4.91. The Kier molecular flexibility index (Phi) is 6.75. The molecule has 0 aliphatic carbocycles. The lowest BCUT2D eigenvalue weighted by molar-refractivity contribution is 0.0739. The average molecular weight is 274 g/mol. The fourth-order valence-electron chi connectivity index (χ4n) is 1.84. The van der Waals surface area contributed by atoms with Gasteiger partial charge in [0.1, 0.15) is 5.69 Å². The summed E-state index contributed by atoms with van der Waals surface area (Å²) >= 11 is 0. The minimum atomic E-state index is -0.0879. The molecule has 1 rings (SSSR count). The fourth-order valence-corrected chi connectivity index (χ4v) is 1.84. The van der Waals surface area contributed by atoms with Crippen LogP contribution >= 0.6 is 0 Å². The van der Waals surface area contributed by atoms with E-state index in [4.69, 9.17) is 5.11 Å². The molecule has 1 N–H and O–H groups in total. The van der Waals surface area contributed by atoms with Gasteiger partial charge < -0.3 is 10.0 Å². The Morgan fingerprint density at radius 1 is 1.50 bits per heavy atom. The van der Waals surface area contributed by atoms with Gasteiger partial charge in [0.2, 0.25) is 0 Å². The maximum absolute atomic E-state index is 12.5. The average Bonchev–Trinajstić information content (AvgIpc) is 2.44. The van der Waals surface area contributed by atoms with Gasteiger partial charge in [0.15, 0.2) is 0 Å². The van der Waals surface area contributed by atoms with Gasteiger partial charge in [-0.2, -0.15) is 0 Å². The molecular weight excluding hydrogens is 252 g/mol. The molecule has 1 aromatic rings. The van der Waals surface area contributed by atoms with Crippen LogP contribution in [0, 0.1) is 17.8 Å². The summed E-state index contributed by atoms with van der Waals surface area (Å²) < 4.78 is 0. The summed E-state index contributed by atoms with van der Waals surface area (Å²) in [5, 5.41) is 8.75. The lowest BCUT2D eigenvalue weighted by atomic mass is 10.1. The van der Waals surface area contributed by atoms with Gasteiger partial charge in [-0.25, -0.2) is 4.98 Å². The Labute approximate surface area is 120 Å². The van der Waals surface area contributed by atoms with Gasteiger partial charge in [-0.15, -0.1) is 0 Å². The molecule has 4 heteroatoms. The van der Waals surface area contributed by atoms with E-state index < -0.39 is 0 Å². The van der Waals surface area contributed by atoms with E-state index in [1.807, 2.05) is 6.92 Å². The van der Waals surface area contributed by atoms with Crippen LogP contribution in [0.1, 0.15) is 43.2 Å². The summed E-state index contributed by atoms with van der Waals surface area (Å²) in [5.41, 5.74) is 1.01. The first-order valence-electron chi connectivity index (χ1n) is 6.94. The van der Waals surface area contributed by atoms with E-state index in [1.165, 1.54) is 0 Å². The lowest BCUT2D eigenvalue weighted by Crippen LogP contribution is -2.35. The first-order valence-corrected chi connectivity index (χ1v) is 6.94. The Bertz CT molecular complexity index is 501. The number of rotatable bonds is 5. The quantitative estimate of drug-likeness (QED) is 0.835. The topological polar surface area (TPSA) is 53.4 Å². The van der Waals surface area contributed by atoms with Crippen LogP contribution in [-0.2, 0) is 0 Å². The van der Waals surface area contributed by atoms with E-state index >= 15 is 0 Å². The molecule has 0 spiro atoms. The Morgan fingerprint density at radius 3 is 2.85 bits per heavy atom. The molecule has 0 fully saturated rings. The third-order valence-electron chi connectivity index (χ3n) is 2.72. The van der Waals surface area contributed by atoms with Gasteiger partial charge in [-0.1, -0.05) is 25.7 Å². The standard InChI is InChI=1S/C16H22N2O2/c1-4-18(12-13(2)3)16(20)15-14(8-5-6-11-19)9-7-10-17-15/h7,9-10,13,19H,4,6,11-12H2,1-3H3. The number of aliphatic hydroxyl groups is 1. The molecule has 108 valence electrons. The summed E-state index contributed by atoms with van der Waals surface area (Å²) in [5.74, 6) is 6.06. The van der Waals surface area contributed by atoms with E-state index in [-0.39, 0.29) is 12.5 Å². The number of amides is 1. The zero-order valence-corrected chi connectivity index (χ0v) is 12.4. The predicted molar refractivity (Wildman–Crippen MR) is 79.2 cm³/mol. The van der Waals surface area contributed by atoms with Gasteiger partial charge in [0, 0.05) is 25.7 Å². The van der Waals surface area contributed by atoms with Crippen molar-refractivity contribution >= 4 is 5.91 Å². The molecular formula is C16H22N2O2. The number of aliphatic hydroxyl groups excluding tert-OH is 1. The first-order chi connectivity index (χ1) is 9.60. The van der Waals surface area contributed by atoms with Crippen molar-refractivity contribution in [3.05, 3.63) is 29.6 Å². The molecule has 1 amide bonds. The minimum Gasteiger partial charge on any atom is -0.395 e. The highest BCUT2D eigenvalue weighted by molar-refractivity contribution is 5.94. The van der Waals surface area contributed by atoms with Crippen molar-refractivity contribution < 1.29 is 9.90 Å². The molecule has 0 saturated heterocycles. The van der Waals surface area contributed by atoms with E-state index in [9.17, 15) is 4.79 Å². The smallest absolute Gasteiger partial charge is 0.273 e. The molecule has 0 aliphatic rings. The number of pyridine rings is 1. The fraction of sp³-hybridized carbons (Fsp3) is 0.500. The van der Waals surface area contributed by atoms with Crippen molar-refractivity contribution in [2.24, 2.45) is 5.92 Å². The number of aromatic nitrogens is 1. The molecule has 4 nitrogen and oxygen atoms in total. The molecule has 0 saturated carbocycles. The normalized spacial score (nSPS) is 10.1. The molecule has 20 heavy (non-hydrogen) atoms. The maximum Gasteiger partial charge on any atom is 0.273 e. The van der Waals surface area contributed by atoms with Crippen molar-refractivity contribution in [2.45, 2.75) is 27.2 Å². The van der Waals surface area contributed by atoms with Crippen molar-refractivity contribution in [3.63, 3.8) is 0 Å². The monoisotopic (exact) mass is 274 g/mol. The number of hydrogen-bond acceptors (Lipinski definition) is 3. The number of carbonyl (C=O) groups is 1. The Balaban J connectivity index is 3.00. The summed E-state index contributed by atoms with van der Waals surface area (Å²) in [6.45, 7) is 7.49. The van der Waals surface area contributed by atoms with Crippen LogP contribution in [0.15, 0.2) is 18.3 Å². The van der Waals surface area contributed by atoms with E-state index in [1.54, 1.807) is 23.2 Å². The minimum absolute atomic E-state index is 0.0188.